The molecular weight excluding hydrogens is 460 g/mol. The second-order valence-corrected chi connectivity index (χ2v) is 11.7. The minimum atomic E-state index is -0.103. The molecule has 2 aromatic rings. The number of nitrogens with one attached hydrogen (secondary N) is 3. The van der Waals surface area contributed by atoms with Gasteiger partial charge in [0.2, 0.25) is 5.95 Å². The van der Waals surface area contributed by atoms with Gasteiger partial charge < -0.3 is 20.9 Å². The third-order valence-corrected chi connectivity index (χ3v) is 7.93. The summed E-state index contributed by atoms with van der Waals surface area (Å²) in [7, 11) is 4.14. The Labute approximate surface area is 223 Å². The van der Waals surface area contributed by atoms with Gasteiger partial charge in [0.1, 0.15) is 5.82 Å². The van der Waals surface area contributed by atoms with Gasteiger partial charge in [-0.2, -0.15) is 4.98 Å². The van der Waals surface area contributed by atoms with Crippen molar-refractivity contribution < 1.29 is 4.79 Å². The van der Waals surface area contributed by atoms with Crippen molar-refractivity contribution in [2.24, 2.45) is 5.92 Å². The fraction of sp³-hybridized carbons (Fsp3) is 0.633. The van der Waals surface area contributed by atoms with Gasteiger partial charge in [-0.05, 0) is 80.2 Å². The fourth-order valence-corrected chi connectivity index (χ4v) is 5.79. The van der Waals surface area contributed by atoms with Crippen LogP contribution in [-0.4, -0.2) is 42.7 Å². The molecule has 2 aliphatic rings. The number of nitrogens with zero attached hydrogens (tertiary/aromatic N) is 3. The first-order chi connectivity index (χ1) is 17.7. The van der Waals surface area contributed by atoms with Crippen LogP contribution < -0.4 is 20.9 Å². The van der Waals surface area contributed by atoms with Crippen LogP contribution in [0, 0.1) is 5.92 Å². The molecule has 1 aromatic heterocycles. The van der Waals surface area contributed by atoms with Crippen LogP contribution in [-0.2, 0) is 12.8 Å². The highest BCUT2D eigenvalue weighted by molar-refractivity contribution is 5.91. The molecule has 3 N–H and O–H groups in total. The van der Waals surface area contributed by atoms with E-state index in [2.05, 4.69) is 80.8 Å². The van der Waals surface area contributed by atoms with Crippen molar-refractivity contribution in [2.45, 2.75) is 96.9 Å². The third kappa shape index (κ3) is 6.74. The summed E-state index contributed by atoms with van der Waals surface area (Å²) < 4.78 is 0. The van der Waals surface area contributed by atoms with E-state index in [0.717, 1.165) is 56.0 Å². The van der Waals surface area contributed by atoms with Crippen LogP contribution in [0.3, 0.4) is 0 Å². The van der Waals surface area contributed by atoms with Gasteiger partial charge in [-0.25, -0.2) is 9.78 Å². The molecule has 0 saturated heterocycles. The molecule has 0 bridgehead atoms. The lowest BCUT2D eigenvalue weighted by Gasteiger charge is -2.30. The lowest BCUT2D eigenvalue weighted by molar-refractivity contribution is 0.246. The summed E-state index contributed by atoms with van der Waals surface area (Å²) in [6.07, 6.45) is 8.88. The molecule has 2 amide bonds. The normalized spacial score (nSPS) is 19.5. The van der Waals surface area contributed by atoms with Crippen LogP contribution >= 0.6 is 0 Å². The zero-order valence-corrected chi connectivity index (χ0v) is 23.7. The number of hydrogen-bond acceptors (Lipinski definition) is 5. The van der Waals surface area contributed by atoms with Crippen molar-refractivity contribution in [3.8, 4) is 0 Å². The standard InChI is InChI=1S/C30H46N6O/c1-19(2)23-11-9-12-24(20(3)4)27(23)34-30(37)31-18-21-14-16-22(17-15-21)32-29-33-26-13-8-7-10-25(26)28(35-29)36(5)6/h9,11-12,19-22H,7-8,10,13-18H2,1-6H3,(H2,31,34,37)(H,32,33,35). The molecule has 0 radical (unpaired) electrons. The fourth-order valence-electron chi connectivity index (χ4n) is 5.79. The predicted octanol–water partition coefficient (Wildman–Crippen LogP) is 6.46. The Morgan fingerprint density at radius 2 is 1.62 bits per heavy atom. The number of carbonyl (C=O) groups is 1. The molecule has 202 valence electrons. The summed E-state index contributed by atoms with van der Waals surface area (Å²) in [6.45, 7) is 9.40. The van der Waals surface area contributed by atoms with Crippen LogP contribution in [0.1, 0.15) is 100 Å². The lowest BCUT2D eigenvalue weighted by atomic mass is 9.86. The van der Waals surface area contributed by atoms with Crippen LogP contribution in [0.25, 0.3) is 0 Å². The van der Waals surface area contributed by atoms with Crippen LogP contribution in [0.2, 0.25) is 0 Å². The Balaban J connectivity index is 1.29. The Hall–Kier alpha value is -2.83. The quantitative estimate of drug-likeness (QED) is 0.383. The average molecular weight is 507 g/mol. The number of aryl methyl sites for hydroxylation is 1. The Bertz CT molecular complexity index is 1050. The van der Waals surface area contributed by atoms with Crippen LogP contribution in [0.4, 0.5) is 22.2 Å². The Morgan fingerprint density at radius 1 is 0.973 bits per heavy atom. The lowest BCUT2D eigenvalue weighted by Crippen LogP contribution is -2.36. The maximum absolute atomic E-state index is 12.9. The Morgan fingerprint density at radius 3 is 2.24 bits per heavy atom. The molecule has 0 spiro atoms. The van der Waals surface area contributed by atoms with E-state index in [1.807, 2.05) is 0 Å². The van der Waals surface area contributed by atoms with Crippen LogP contribution in [0.5, 0.6) is 0 Å². The summed E-state index contributed by atoms with van der Waals surface area (Å²) in [5.74, 6) is 3.04. The number of para-hydroxylation sites is 1. The van der Waals surface area contributed by atoms with Crippen molar-refractivity contribution in [3.05, 3.63) is 40.6 Å². The van der Waals surface area contributed by atoms with E-state index >= 15 is 0 Å². The molecule has 0 atom stereocenters. The van der Waals surface area contributed by atoms with E-state index in [1.54, 1.807) is 0 Å². The largest absolute Gasteiger partial charge is 0.362 e. The van der Waals surface area contributed by atoms with Crippen molar-refractivity contribution in [1.82, 2.24) is 15.3 Å². The first-order valence-corrected chi connectivity index (χ1v) is 14.2. The highest BCUT2D eigenvalue weighted by Crippen LogP contribution is 2.33. The molecule has 4 rings (SSSR count). The number of carbonyl (C=O) groups excluding carboxylic acids is 1. The maximum atomic E-state index is 12.9. The molecule has 0 aliphatic heterocycles. The highest BCUT2D eigenvalue weighted by Gasteiger charge is 2.25. The van der Waals surface area contributed by atoms with Gasteiger partial charge in [-0.3, -0.25) is 0 Å². The maximum Gasteiger partial charge on any atom is 0.319 e. The second-order valence-electron chi connectivity index (χ2n) is 11.7. The molecule has 1 fully saturated rings. The van der Waals surface area contributed by atoms with Crippen molar-refractivity contribution in [3.63, 3.8) is 0 Å². The molecule has 7 nitrogen and oxygen atoms in total. The molecule has 37 heavy (non-hydrogen) atoms. The number of benzene rings is 1. The molecule has 0 unspecified atom stereocenters. The number of hydrogen-bond donors (Lipinski definition) is 3. The third-order valence-electron chi connectivity index (χ3n) is 7.93. The topological polar surface area (TPSA) is 82.2 Å². The van der Waals surface area contributed by atoms with E-state index in [0.29, 0.717) is 30.3 Å². The number of amides is 2. The molecule has 1 saturated carbocycles. The summed E-state index contributed by atoms with van der Waals surface area (Å²) in [4.78, 5) is 24.7. The number of rotatable bonds is 8. The number of anilines is 3. The molecule has 7 heteroatoms. The predicted molar refractivity (Wildman–Crippen MR) is 154 cm³/mol. The SMILES string of the molecule is CC(C)c1cccc(C(C)C)c1NC(=O)NCC1CCC(Nc2nc3c(c(N(C)C)n2)CCCC3)CC1. The summed E-state index contributed by atoms with van der Waals surface area (Å²) >= 11 is 0. The summed E-state index contributed by atoms with van der Waals surface area (Å²) in [6, 6.07) is 6.61. The number of fused-ring (bicyclic) bond motifs is 1. The smallest absolute Gasteiger partial charge is 0.319 e. The first kappa shape index (κ1) is 27.2. The highest BCUT2D eigenvalue weighted by atomic mass is 16.2. The van der Waals surface area contributed by atoms with Gasteiger partial charge in [0.05, 0.1) is 5.69 Å². The van der Waals surface area contributed by atoms with Crippen molar-refractivity contribution in [2.75, 3.05) is 36.2 Å². The molecule has 2 aliphatic carbocycles. The van der Waals surface area contributed by atoms with Crippen molar-refractivity contribution in [1.29, 1.82) is 0 Å². The Kier molecular flexibility index (Phi) is 8.93. The monoisotopic (exact) mass is 506 g/mol. The summed E-state index contributed by atoms with van der Waals surface area (Å²) in [5, 5.41) is 9.96. The van der Waals surface area contributed by atoms with Gasteiger partial charge >= 0.3 is 6.03 Å². The van der Waals surface area contributed by atoms with E-state index in [1.165, 1.54) is 35.2 Å². The van der Waals surface area contributed by atoms with Gasteiger partial charge in [0, 0.05) is 37.9 Å². The zero-order chi connectivity index (χ0) is 26.5. The molecule has 1 aromatic carbocycles. The van der Waals surface area contributed by atoms with Gasteiger partial charge in [0.25, 0.3) is 0 Å². The van der Waals surface area contributed by atoms with Gasteiger partial charge in [-0.15, -0.1) is 0 Å². The van der Waals surface area contributed by atoms with Gasteiger partial charge in [0.15, 0.2) is 0 Å². The average Bonchev–Trinajstić information content (AvgIpc) is 2.87. The number of urea groups is 1. The number of aromatic nitrogens is 2. The van der Waals surface area contributed by atoms with E-state index in [-0.39, 0.29) is 6.03 Å². The van der Waals surface area contributed by atoms with E-state index < -0.39 is 0 Å². The molecule has 1 heterocycles. The van der Waals surface area contributed by atoms with E-state index in [9.17, 15) is 4.79 Å². The van der Waals surface area contributed by atoms with E-state index in [4.69, 9.17) is 9.97 Å². The van der Waals surface area contributed by atoms with Crippen molar-refractivity contribution >= 4 is 23.5 Å². The van der Waals surface area contributed by atoms with Crippen LogP contribution in [0.15, 0.2) is 18.2 Å². The minimum absolute atomic E-state index is 0.103. The molecular formula is C30H46N6O. The van der Waals surface area contributed by atoms with Gasteiger partial charge in [-0.1, -0.05) is 45.9 Å². The first-order valence-electron chi connectivity index (χ1n) is 14.2. The zero-order valence-electron chi connectivity index (χ0n) is 23.7. The summed E-state index contributed by atoms with van der Waals surface area (Å²) in [5.41, 5.74) is 5.90. The minimum Gasteiger partial charge on any atom is -0.362 e. The second kappa shape index (κ2) is 12.1.